The van der Waals surface area contributed by atoms with Crippen LogP contribution in [0.25, 0.3) is 0 Å². The predicted molar refractivity (Wildman–Crippen MR) is 91.7 cm³/mol. The number of carbonyl (C=O) groups is 2. The van der Waals surface area contributed by atoms with Crippen LogP contribution in [0.5, 0.6) is 0 Å². The molecule has 1 aromatic carbocycles. The number of alkyl carbamates (subject to hydrolysis) is 1. The second kappa shape index (κ2) is 10.2. The summed E-state index contributed by atoms with van der Waals surface area (Å²) < 4.78 is 29.9. The van der Waals surface area contributed by atoms with Crippen molar-refractivity contribution in [3.05, 3.63) is 66.0 Å². The Morgan fingerprint density at radius 2 is 1.73 bits per heavy atom. The van der Waals surface area contributed by atoms with Crippen molar-refractivity contribution in [2.24, 2.45) is 0 Å². The third-order valence-electron chi connectivity index (χ3n) is 3.69. The molecule has 5 nitrogen and oxygen atoms in total. The van der Waals surface area contributed by atoms with Crippen LogP contribution in [0, 0.1) is 0 Å². The number of pyridine rings is 1. The van der Waals surface area contributed by atoms with Gasteiger partial charge in [0, 0.05) is 25.2 Å². The molecule has 1 aromatic heterocycles. The first-order valence-corrected chi connectivity index (χ1v) is 8.21. The van der Waals surface area contributed by atoms with E-state index in [0.717, 1.165) is 11.1 Å². The summed E-state index contributed by atoms with van der Waals surface area (Å²) in [6.07, 6.45) is -0.806. The number of alkyl halides is 2. The number of nitrogens with one attached hydrogen (secondary N) is 1. The van der Waals surface area contributed by atoms with Gasteiger partial charge in [-0.15, -0.1) is 0 Å². The first kappa shape index (κ1) is 19.5. The summed E-state index contributed by atoms with van der Waals surface area (Å²) in [5, 5.41) is 2.49. The summed E-state index contributed by atoms with van der Waals surface area (Å²) in [5.41, 5.74) is 1.57. The highest BCUT2D eigenvalue weighted by atomic mass is 19.3. The number of hydrogen-bond acceptors (Lipinski definition) is 4. The zero-order chi connectivity index (χ0) is 18.8. The van der Waals surface area contributed by atoms with Crippen LogP contribution in [0.3, 0.4) is 0 Å². The van der Waals surface area contributed by atoms with Gasteiger partial charge in [-0.25, -0.2) is 13.6 Å². The molecular weight excluding hydrogens is 342 g/mol. The maximum Gasteiger partial charge on any atom is 0.408 e. The lowest BCUT2D eigenvalue weighted by atomic mass is 10.00. The van der Waals surface area contributed by atoms with Crippen LogP contribution < -0.4 is 5.32 Å². The van der Waals surface area contributed by atoms with Crippen LogP contribution in [0.15, 0.2) is 54.9 Å². The van der Waals surface area contributed by atoms with Crippen LogP contribution in [-0.4, -0.2) is 29.3 Å². The molecule has 26 heavy (non-hydrogen) atoms. The monoisotopic (exact) mass is 362 g/mol. The smallest absolute Gasteiger partial charge is 0.408 e. The highest BCUT2D eigenvalue weighted by Crippen LogP contribution is 2.10. The molecule has 138 valence electrons. The zero-order valence-electron chi connectivity index (χ0n) is 14.1. The van der Waals surface area contributed by atoms with E-state index in [1.54, 1.807) is 48.8 Å². The molecule has 2 aromatic rings. The van der Waals surface area contributed by atoms with Crippen LogP contribution in [-0.2, 0) is 22.6 Å². The van der Waals surface area contributed by atoms with Gasteiger partial charge in [-0.3, -0.25) is 9.78 Å². The second-order valence-electron chi connectivity index (χ2n) is 5.71. The van der Waals surface area contributed by atoms with Crippen molar-refractivity contribution in [2.45, 2.75) is 38.3 Å². The Morgan fingerprint density at radius 3 is 2.38 bits per heavy atom. The topological polar surface area (TPSA) is 68.3 Å². The number of halogens is 2. The van der Waals surface area contributed by atoms with E-state index < -0.39 is 30.8 Å². The Bertz CT molecular complexity index is 696. The highest BCUT2D eigenvalue weighted by Gasteiger charge is 2.22. The van der Waals surface area contributed by atoms with Gasteiger partial charge >= 0.3 is 6.09 Å². The van der Waals surface area contributed by atoms with E-state index in [2.05, 4.69) is 10.3 Å². The van der Waals surface area contributed by atoms with Gasteiger partial charge in [-0.2, -0.15) is 0 Å². The molecule has 0 aliphatic heterocycles. The minimum Gasteiger partial charge on any atom is -0.445 e. The van der Waals surface area contributed by atoms with Gasteiger partial charge in [-0.05, 0) is 29.7 Å². The van der Waals surface area contributed by atoms with E-state index >= 15 is 0 Å². The Hall–Kier alpha value is -2.83. The second-order valence-corrected chi connectivity index (χ2v) is 5.71. The molecule has 0 radical (unpaired) electrons. The normalized spacial score (nSPS) is 11.8. The molecule has 1 atom stereocenters. The molecule has 1 amide bonds. The van der Waals surface area contributed by atoms with Crippen molar-refractivity contribution >= 4 is 11.9 Å². The fraction of sp³-hybridized carbons (Fsp3) is 0.316. The van der Waals surface area contributed by atoms with Gasteiger partial charge in [0.2, 0.25) is 6.43 Å². The summed E-state index contributed by atoms with van der Waals surface area (Å²) >= 11 is 0. The third-order valence-corrected chi connectivity index (χ3v) is 3.69. The van der Waals surface area contributed by atoms with Crippen LogP contribution in [0.4, 0.5) is 13.6 Å². The molecule has 1 N–H and O–H groups in total. The fourth-order valence-electron chi connectivity index (χ4n) is 2.33. The average molecular weight is 362 g/mol. The SMILES string of the molecule is O=C(N[C@@H](Cc1ccccc1)C(=O)CCC(F)F)OCc1ccncc1. The first-order chi connectivity index (χ1) is 12.5. The molecule has 2 rings (SSSR count). The van der Waals surface area contributed by atoms with Gasteiger partial charge in [0.15, 0.2) is 5.78 Å². The summed E-state index contributed by atoms with van der Waals surface area (Å²) in [4.78, 5) is 28.1. The zero-order valence-corrected chi connectivity index (χ0v) is 14.1. The van der Waals surface area contributed by atoms with Gasteiger partial charge in [-0.1, -0.05) is 30.3 Å². The fourth-order valence-corrected chi connectivity index (χ4v) is 2.33. The van der Waals surface area contributed by atoms with Gasteiger partial charge in [0.05, 0.1) is 6.04 Å². The minimum absolute atomic E-state index is 0.0254. The lowest BCUT2D eigenvalue weighted by Gasteiger charge is -2.18. The van der Waals surface area contributed by atoms with E-state index in [-0.39, 0.29) is 19.4 Å². The number of benzene rings is 1. The molecule has 0 spiro atoms. The number of aromatic nitrogens is 1. The Labute approximate surface area is 150 Å². The van der Waals surface area contributed by atoms with Crippen molar-refractivity contribution in [1.29, 1.82) is 0 Å². The quantitative estimate of drug-likeness (QED) is 0.741. The maximum atomic E-state index is 12.4. The van der Waals surface area contributed by atoms with Crippen LogP contribution in [0.2, 0.25) is 0 Å². The molecule has 0 fully saturated rings. The maximum absolute atomic E-state index is 12.4. The summed E-state index contributed by atoms with van der Waals surface area (Å²) in [6.45, 7) is 0.0254. The number of ketones is 1. The number of Topliss-reactive ketones (excluding diaryl/α,β-unsaturated/α-hetero) is 1. The van der Waals surface area contributed by atoms with Crippen molar-refractivity contribution in [2.75, 3.05) is 0 Å². The Kier molecular flexibility index (Phi) is 7.67. The Balaban J connectivity index is 1.95. The molecule has 0 unspecified atom stereocenters. The van der Waals surface area contributed by atoms with Crippen molar-refractivity contribution in [3.8, 4) is 0 Å². The molecular formula is C19H20F2N2O3. The van der Waals surface area contributed by atoms with Crippen molar-refractivity contribution in [3.63, 3.8) is 0 Å². The number of ether oxygens (including phenoxy) is 1. The first-order valence-electron chi connectivity index (χ1n) is 8.21. The number of nitrogens with zero attached hydrogens (tertiary/aromatic N) is 1. The summed E-state index contributed by atoms with van der Waals surface area (Å²) in [7, 11) is 0. The molecule has 0 aliphatic carbocycles. The lowest BCUT2D eigenvalue weighted by Crippen LogP contribution is -2.42. The molecule has 0 aliphatic rings. The largest absolute Gasteiger partial charge is 0.445 e. The van der Waals surface area contributed by atoms with E-state index in [0.29, 0.717) is 0 Å². The van der Waals surface area contributed by atoms with E-state index in [1.807, 2.05) is 6.07 Å². The summed E-state index contributed by atoms with van der Waals surface area (Å²) in [6, 6.07) is 11.5. The molecule has 0 saturated heterocycles. The molecule has 1 heterocycles. The molecule has 0 bridgehead atoms. The standard InChI is InChI=1S/C19H20F2N2O3/c20-18(21)7-6-17(24)16(12-14-4-2-1-3-5-14)23-19(25)26-13-15-8-10-22-11-9-15/h1-5,8-11,16,18H,6-7,12-13H2,(H,23,25)/t16-/m0/s1. The van der Waals surface area contributed by atoms with Crippen molar-refractivity contribution < 1.29 is 23.1 Å². The van der Waals surface area contributed by atoms with E-state index in [9.17, 15) is 18.4 Å². The van der Waals surface area contributed by atoms with E-state index in [1.165, 1.54) is 0 Å². The predicted octanol–water partition coefficient (Wildman–Crippen LogP) is 3.53. The number of hydrogen-bond donors (Lipinski definition) is 1. The third kappa shape index (κ3) is 6.96. The van der Waals surface area contributed by atoms with Crippen molar-refractivity contribution in [1.82, 2.24) is 10.3 Å². The number of carbonyl (C=O) groups excluding carboxylic acids is 2. The van der Waals surface area contributed by atoms with Gasteiger partial charge < -0.3 is 10.1 Å². The summed E-state index contributed by atoms with van der Waals surface area (Å²) in [5.74, 6) is -0.449. The molecule has 7 heteroatoms. The van der Waals surface area contributed by atoms with Crippen LogP contribution in [0.1, 0.15) is 24.0 Å². The van der Waals surface area contributed by atoms with Gasteiger partial charge in [0.25, 0.3) is 0 Å². The number of amides is 1. The highest BCUT2D eigenvalue weighted by molar-refractivity contribution is 5.87. The number of rotatable bonds is 9. The lowest BCUT2D eigenvalue weighted by molar-refractivity contribution is -0.121. The molecule has 0 saturated carbocycles. The van der Waals surface area contributed by atoms with E-state index in [4.69, 9.17) is 4.74 Å². The average Bonchev–Trinajstić information content (AvgIpc) is 2.65. The Morgan fingerprint density at radius 1 is 1.04 bits per heavy atom. The van der Waals surface area contributed by atoms with Crippen LogP contribution >= 0.6 is 0 Å². The minimum atomic E-state index is -2.56. The van der Waals surface area contributed by atoms with Gasteiger partial charge in [0.1, 0.15) is 6.61 Å².